The van der Waals surface area contributed by atoms with E-state index in [9.17, 15) is 9.59 Å². The summed E-state index contributed by atoms with van der Waals surface area (Å²) in [4.78, 5) is 23.9. The Kier molecular flexibility index (Phi) is 9.77. The molecule has 3 aromatic rings. The quantitative estimate of drug-likeness (QED) is 0.266. The summed E-state index contributed by atoms with van der Waals surface area (Å²) in [6.45, 7) is 5.00. The Hall–Kier alpha value is -4.17. The van der Waals surface area contributed by atoms with Gasteiger partial charge in [0.05, 0.1) is 11.7 Å². The molecule has 0 spiro atoms. The number of carbonyl (C=O) groups excluding carboxylic acids is 2. The molecule has 0 saturated carbocycles. The zero-order valence-electron chi connectivity index (χ0n) is 24.8. The first-order valence-electron chi connectivity index (χ1n) is 15.0. The van der Waals surface area contributed by atoms with Gasteiger partial charge in [0.25, 0.3) is 0 Å². The molecule has 8 heteroatoms. The first kappa shape index (κ1) is 30.3. The second kappa shape index (κ2) is 13.9. The summed E-state index contributed by atoms with van der Waals surface area (Å²) < 4.78 is 27.7. The highest BCUT2D eigenvalue weighted by atomic mass is 19.1. The van der Waals surface area contributed by atoms with E-state index >= 15 is 4.39 Å². The number of hydrogen-bond donors (Lipinski definition) is 3. The van der Waals surface area contributed by atoms with Crippen LogP contribution in [0.4, 0.5) is 4.39 Å². The predicted octanol–water partition coefficient (Wildman–Crippen LogP) is 5.75. The minimum atomic E-state index is -0.701. The number of halogens is 1. The molecule has 5 rings (SSSR count). The molecule has 1 saturated heterocycles. The van der Waals surface area contributed by atoms with Gasteiger partial charge in [0, 0.05) is 43.3 Å². The lowest BCUT2D eigenvalue weighted by molar-refractivity contribution is -0.119. The van der Waals surface area contributed by atoms with Gasteiger partial charge in [-0.1, -0.05) is 54.6 Å². The molecule has 226 valence electrons. The fourth-order valence-corrected chi connectivity index (χ4v) is 5.98. The van der Waals surface area contributed by atoms with Crippen LogP contribution in [0.5, 0.6) is 5.75 Å². The molecule has 0 aromatic heterocycles. The van der Waals surface area contributed by atoms with E-state index in [-0.39, 0.29) is 47.5 Å². The average molecular weight is 586 g/mol. The zero-order valence-corrected chi connectivity index (χ0v) is 24.8. The molecule has 3 aromatic carbocycles. The molecule has 1 aliphatic carbocycles. The van der Waals surface area contributed by atoms with Crippen molar-refractivity contribution >= 4 is 11.8 Å². The van der Waals surface area contributed by atoms with Crippen LogP contribution < -0.4 is 21.1 Å². The van der Waals surface area contributed by atoms with E-state index in [4.69, 9.17) is 15.2 Å². The molecular weight excluding hydrogens is 545 g/mol. The van der Waals surface area contributed by atoms with Gasteiger partial charge in [0.1, 0.15) is 6.61 Å². The highest BCUT2D eigenvalue weighted by molar-refractivity contribution is 6.00. The minimum Gasteiger partial charge on any atom is -0.488 e. The number of nitrogens with two attached hydrogens (primary N) is 1. The van der Waals surface area contributed by atoms with Crippen LogP contribution in [0.2, 0.25) is 0 Å². The Balaban J connectivity index is 1.46. The number of carbonyl (C=O) groups is 2. The number of benzene rings is 3. The molecule has 0 radical (unpaired) electrons. The van der Waals surface area contributed by atoms with Gasteiger partial charge in [0.15, 0.2) is 11.6 Å². The molecule has 2 amide bonds. The third-order valence-corrected chi connectivity index (χ3v) is 8.31. The maximum absolute atomic E-state index is 16.2. The smallest absolute Gasteiger partial charge is 0.249 e. The zero-order chi connectivity index (χ0) is 30.3. The van der Waals surface area contributed by atoms with Crippen molar-refractivity contribution in [3.63, 3.8) is 0 Å². The van der Waals surface area contributed by atoms with Crippen LogP contribution in [0.15, 0.2) is 72.4 Å². The summed E-state index contributed by atoms with van der Waals surface area (Å²) in [7, 11) is 0. The Bertz CT molecular complexity index is 1480. The van der Waals surface area contributed by atoms with E-state index in [0.717, 1.165) is 54.5 Å². The molecule has 4 N–H and O–H groups in total. The summed E-state index contributed by atoms with van der Waals surface area (Å²) in [5.74, 6) is -1.29. The second-order valence-corrected chi connectivity index (χ2v) is 11.4. The van der Waals surface area contributed by atoms with E-state index < -0.39 is 11.7 Å². The maximum atomic E-state index is 16.2. The van der Waals surface area contributed by atoms with Crippen LogP contribution in [-0.4, -0.2) is 43.7 Å². The van der Waals surface area contributed by atoms with Crippen LogP contribution in [-0.2, 0) is 9.53 Å². The molecule has 43 heavy (non-hydrogen) atoms. The largest absolute Gasteiger partial charge is 0.488 e. The van der Waals surface area contributed by atoms with E-state index in [0.29, 0.717) is 18.7 Å². The maximum Gasteiger partial charge on any atom is 0.249 e. The van der Waals surface area contributed by atoms with Crippen molar-refractivity contribution in [1.82, 2.24) is 10.6 Å². The molecule has 1 aliphatic heterocycles. The van der Waals surface area contributed by atoms with Gasteiger partial charge >= 0.3 is 0 Å². The van der Waals surface area contributed by atoms with Crippen LogP contribution in [0.25, 0.3) is 11.1 Å². The SMILES string of the molecule is CC(=O)NC1CC=C(NCC(c2ccccc2)c2ccc(C)c(-c3c(C(N)=O)ccc(OC[C@@H]4CCCO4)c3F)c2)CC1. The van der Waals surface area contributed by atoms with Crippen molar-refractivity contribution in [1.29, 1.82) is 0 Å². The molecule has 1 heterocycles. The van der Waals surface area contributed by atoms with Crippen molar-refractivity contribution in [3.8, 4) is 16.9 Å². The van der Waals surface area contributed by atoms with Gasteiger partial charge in [0.2, 0.25) is 11.8 Å². The standard InChI is InChI=1S/C35H40FN3O4/c1-22-10-11-25(31(24-7-4-3-5-8-24)20-38-26-12-14-27(15-13-26)39-23(2)40)19-30(22)33-29(35(37)41)16-17-32(34(33)36)43-21-28-9-6-18-42-28/h3-5,7-8,10-12,16-17,19,27-28,31,38H,6,9,13-15,18,20-21H2,1-2H3,(H2,37,41)(H,39,40)/t27?,28-,31?/m0/s1. The van der Waals surface area contributed by atoms with Crippen molar-refractivity contribution in [2.24, 2.45) is 5.73 Å². The third-order valence-electron chi connectivity index (χ3n) is 8.31. The topological polar surface area (TPSA) is 103 Å². The normalized spacial score (nSPS) is 18.9. The summed E-state index contributed by atoms with van der Waals surface area (Å²) in [6.07, 6.45) is 6.42. The van der Waals surface area contributed by atoms with Gasteiger partial charge in [-0.25, -0.2) is 4.39 Å². The van der Waals surface area contributed by atoms with Crippen molar-refractivity contribution < 1.29 is 23.5 Å². The van der Waals surface area contributed by atoms with E-state index in [1.54, 1.807) is 6.92 Å². The van der Waals surface area contributed by atoms with Gasteiger partial charge in [-0.2, -0.15) is 0 Å². The summed E-state index contributed by atoms with van der Waals surface area (Å²) in [6, 6.07) is 19.3. The van der Waals surface area contributed by atoms with Crippen LogP contribution in [0.3, 0.4) is 0 Å². The minimum absolute atomic E-state index is 0.00927. The van der Waals surface area contributed by atoms with Gasteiger partial charge in [-0.15, -0.1) is 0 Å². The van der Waals surface area contributed by atoms with Crippen molar-refractivity contribution in [2.75, 3.05) is 19.8 Å². The Morgan fingerprint density at radius 3 is 2.58 bits per heavy atom. The summed E-state index contributed by atoms with van der Waals surface area (Å²) in [5, 5.41) is 6.63. The third kappa shape index (κ3) is 7.43. The van der Waals surface area contributed by atoms with Crippen LogP contribution in [0, 0.1) is 12.7 Å². The molecule has 3 atom stereocenters. The lowest BCUT2D eigenvalue weighted by Crippen LogP contribution is -2.35. The number of nitrogens with one attached hydrogen (secondary N) is 2. The van der Waals surface area contributed by atoms with E-state index in [2.05, 4.69) is 34.9 Å². The fraction of sp³-hybridized carbons (Fsp3) is 0.371. The highest BCUT2D eigenvalue weighted by Crippen LogP contribution is 2.37. The fourth-order valence-electron chi connectivity index (χ4n) is 5.98. The van der Waals surface area contributed by atoms with Gasteiger partial charge in [-0.05, 0) is 73.4 Å². The number of primary amides is 1. The summed E-state index contributed by atoms with van der Waals surface area (Å²) in [5.41, 5.74) is 10.7. The molecule has 2 unspecified atom stereocenters. The monoisotopic (exact) mass is 585 g/mol. The summed E-state index contributed by atoms with van der Waals surface area (Å²) >= 11 is 0. The first-order valence-corrected chi connectivity index (χ1v) is 15.0. The first-order chi connectivity index (χ1) is 20.8. The molecular formula is C35H40FN3O4. The lowest BCUT2D eigenvalue weighted by atomic mass is 9.86. The number of amides is 2. The highest BCUT2D eigenvalue weighted by Gasteiger charge is 2.25. The predicted molar refractivity (Wildman–Crippen MR) is 165 cm³/mol. The number of aryl methyl sites for hydroxylation is 1. The molecule has 7 nitrogen and oxygen atoms in total. The van der Waals surface area contributed by atoms with Crippen LogP contribution >= 0.6 is 0 Å². The van der Waals surface area contributed by atoms with Gasteiger partial charge in [-0.3, -0.25) is 9.59 Å². The molecule has 2 aliphatic rings. The molecule has 1 fully saturated rings. The Labute approximate surface area is 252 Å². The van der Waals surface area contributed by atoms with Gasteiger partial charge < -0.3 is 25.8 Å². The van der Waals surface area contributed by atoms with E-state index in [1.165, 1.54) is 12.1 Å². The van der Waals surface area contributed by atoms with Crippen molar-refractivity contribution in [2.45, 2.75) is 64.0 Å². The lowest BCUT2D eigenvalue weighted by Gasteiger charge is -2.26. The number of rotatable bonds is 11. The Morgan fingerprint density at radius 1 is 1.09 bits per heavy atom. The van der Waals surface area contributed by atoms with Crippen molar-refractivity contribution in [3.05, 3.63) is 101 Å². The average Bonchev–Trinajstić information content (AvgIpc) is 3.52. The second-order valence-electron chi connectivity index (χ2n) is 11.4. The van der Waals surface area contributed by atoms with Crippen LogP contribution in [0.1, 0.15) is 72.0 Å². The van der Waals surface area contributed by atoms with E-state index in [1.807, 2.05) is 37.3 Å². The Morgan fingerprint density at radius 2 is 1.91 bits per heavy atom. The molecule has 0 bridgehead atoms. The number of ether oxygens (including phenoxy) is 2. The number of hydrogen-bond acceptors (Lipinski definition) is 5. The number of allylic oxidation sites excluding steroid dienone is 1.